The van der Waals surface area contributed by atoms with E-state index in [4.69, 9.17) is 4.74 Å². The molecule has 0 spiro atoms. The topological polar surface area (TPSA) is 39.2 Å². The summed E-state index contributed by atoms with van der Waals surface area (Å²) < 4.78 is 4.74. The van der Waals surface area contributed by atoms with Crippen LogP contribution in [-0.2, 0) is 9.53 Å². The molecule has 2 aromatic rings. The summed E-state index contributed by atoms with van der Waals surface area (Å²) in [5.74, 6) is -0.103. The van der Waals surface area contributed by atoms with Crippen molar-refractivity contribution < 1.29 is 9.53 Å². The Balaban J connectivity index is 2.36. The molecule has 2 rings (SSSR count). The van der Waals surface area contributed by atoms with Crippen LogP contribution in [0.15, 0.2) is 36.7 Å². The Bertz CT molecular complexity index is 629. The average molecular weight is 283 g/mol. The monoisotopic (exact) mass is 283 g/mol. The number of aryl methyl sites for hydroxylation is 2. The smallest absolute Gasteiger partial charge is 0.306 e. The molecule has 110 valence electrons. The summed E-state index contributed by atoms with van der Waals surface area (Å²) in [6.07, 6.45) is 4.07. The zero-order chi connectivity index (χ0) is 15.4. The standard InChI is InChI=1S/C18H21NO2/c1-12-6-5-7-13(2)18(12)16-9-15(10-19-11-16)14(3)8-17(20)21-4/h5-7,9-11,14H,8H2,1-4H3/t14-/m0/s1. The maximum atomic E-state index is 11.4. The molecular formula is C18H21NO2. The number of carbonyl (C=O) groups excluding carboxylic acids is 1. The van der Waals surface area contributed by atoms with E-state index in [0.29, 0.717) is 6.42 Å². The van der Waals surface area contributed by atoms with E-state index in [1.54, 1.807) is 0 Å². The minimum absolute atomic E-state index is 0.0919. The number of esters is 1. The first-order valence-electron chi connectivity index (χ1n) is 7.11. The van der Waals surface area contributed by atoms with Gasteiger partial charge < -0.3 is 4.74 Å². The molecule has 1 atom stereocenters. The van der Waals surface area contributed by atoms with Gasteiger partial charge in [0.2, 0.25) is 0 Å². The second kappa shape index (κ2) is 6.53. The van der Waals surface area contributed by atoms with Crippen molar-refractivity contribution in [2.75, 3.05) is 7.11 Å². The van der Waals surface area contributed by atoms with Crippen LogP contribution < -0.4 is 0 Å². The van der Waals surface area contributed by atoms with E-state index >= 15 is 0 Å². The molecule has 1 heterocycles. The molecule has 0 bridgehead atoms. The largest absolute Gasteiger partial charge is 0.469 e. The normalized spacial score (nSPS) is 12.0. The fourth-order valence-corrected chi connectivity index (χ4v) is 2.58. The highest BCUT2D eigenvalue weighted by Gasteiger charge is 2.13. The number of methoxy groups -OCH3 is 1. The summed E-state index contributed by atoms with van der Waals surface area (Å²) in [5, 5.41) is 0. The molecule has 0 saturated carbocycles. The summed E-state index contributed by atoms with van der Waals surface area (Å²) in [5.41, 5.74) is 5.83. The van der Waals surface area contributed by atoms with E-state index in [-0.39, 0.29) is 11.9 Å². The number of ether oxygens (including phenoxy) is 1. The Kier molecular flexibility index (Phi) is 4.73. The van der Waals surface area contributed by atoms with Gasteiger partial charge in [0.05, 0.1) is 13.5 Å². The number of carbonyl (C=O) groups is 1. The summed E-state index contributed by atoms with van der Waals surface area (Å²) >= 11 is 0. The minimum Gasteiger partial charge on any atom is -0.469 e. The van der Waals surface area contributed by atoms with Gasteiger partial charge in [-0.15, -0.1) is 0 Å². The Morgan fingerprint density at radius 2 is 1.90 bits per heavy atom. The second-order valence-electron chi connectivity index (χ2n) is 5.46. The lowest BCUT2D eigenvalue weighted by Crippen LogP contribution is -2.06. The van der Waals surface area contributed by atoms with Gasteiger partial charge in [0.25, 0.3) is 0 Å². The van der Waals surface area contributed by atoms with E-state index in [0.717, 1.165) is 11.1 Å². The Hall–Kier alpha value is -2.16. The molecule has 1 aromatic heterocycles. The molecule has 0 N–H and O–H groups in total. The number of hydrogen-bond acceptors (Lipinski definition) is 3. The number of hydrogen-bond donors (Lipinski definition) is 0. The van der Waals surface area contributed by atoms with Crippen molar-refractivity contribution >= 4 is 5.97 Å². The molecule has 0 fully saturated rings. The maximum Gasteiger partial charge on any atom is 0.306 e. The third-order valence-electron chi connectivity index (χ3n) is 3.80. The third kappa shape index (κ3) is 3.48. The Labute approximate surface area is 126 Å². The maximum absolute atomic E-state index is 11.4. The van der Waals surface area contributed by atoms with Gasteiger partial charge in [-0.3, -0.25) is 9.78 Å². The lowest BCUT2D eigenvalue weighted by molar-refractivity contribution is -0.140. The molecule has 0 aliphatic heterocycles. The van der Waals surface area contributed by atoms with Crippen LogP contribution in [0.2, 0.25) is 0 Å². The number of rotatable bonds is 4. The molecule has 3 nitrogen and oxygen atoms in total. The lowest BCUT2D eigenvalue weighted by Gasteiger charge is -2.14. The summed E-state index contributed by atoms with van der Waals surface area (Å²) in [4.78, 5) is 15.8. The van der Waals surface area contributed by atoms with E-state index in [2.05, 4.69) is 43.1 Å². The molecule has 0 aliphatic rings. The fraction of sp³-hybridized carbons (Fsp3) is 0.333. The van der Waals surface area contributed by atoms with Crippen LogP contribution in [0.3, 0.4) is 0 Å². The first-order chi connectivity index (χ1) is 10.0. The molecular weight excluding hydrogens is 262 g/mol. The molecule has 0 aliphatic carbocycles. The molecule has 0 saturated heterocycles. The van der Waals surface area contributed by atoms with Crippen molar-refractivity contribution in [3.63, 3.8) is 0 Å². The molecule has 0 radical (unpaired) electrons. The van der Waals surface area contributed by atoms with E-state index in [1.165, 1.54) is 23.8 Å². The quantitative estimate of drug-likeness (QED) is 0.795. The van der Waals surface area contributed by atoms with Crippen molar-refractivity contribution in [1.29, 1.82) is 0 Å². The average Bonchev–Trinajstić information content (AvgIpc) is 2.47. The first-order valence-corrected chi connectivity index (χ1v) is 7.11. The predicted molar refractivity (Wildman–Crippen MR) is 84.2 cm³/mol. The van der Waals surface area contributed by atoms with Crippen LogP contribution in [-0.4, -0.2) is 18.1 Å². The predicted octanol–water partition coefficient (Wildman–Crippen LogP) is 4.03. The van der Waals surface area contributed by atoms with Crippen molar-refractivity contribution in [3.8, 4) is 11.1 Å². The van der Waals surface area contributed by atoms with Gasteiger partial charge >= 0.3 is 5.97 Å². The van der Waals surface area contributed by atoms with Crippen molar-refractivity contribution in [1.82, 2.24) is 4.98 Å². The highest BCUT2D eigenvalue weighted by Crippen LogP contribution is 2.29. The zero-order valence-corrected chi connectivity index (χ0v) is 13.0. The second-order valence-corrected chi connectivity index (χ2v) is 5.46. The molecule has 0 unspecified atom stereocenters. The first kappa shape index (κ1) is 15.2. The van der Waals surface area contributed by atoms with Gasteiger partial charge in [-0.05, 0) is 48.1 Å². The minimum atomic E-state index is -0.194. The highest BCUT2D eigenvalue weighted by atomic mass is 16.5. The van der Waals surface area contributed by atoms with Gasteiger partial charge in [-0.25, -0.2) is 0 Å². The molecule has 1 aromatic carbocycles. The fourth-order valence-electron chi connectivity index (χ4n) is 2.58. The molecule has 21 heavy (non-hydrogen) atoms. The van der Waals surface area contributed by atoms with Crippen molar-refractivity contribution in [2.24, 2.45) is 0 Å². The number of benzene rings is 1. The van der Waals surface area contributed by atoms with Crippen LogP contribution in [0.1, 0.15) is 36.0 Å². The van der Waals surface area contributed by atoms with Crippen molar-refractivity contribution in [2.45, 2.75) is 33.1 Å². The van der Waals surface area contributed by atoms with Gasteiger partial charge in [0, 0.05) is 18.0 Å². The SMILES string of the molecule is COC(=O)C[C@H](C)c1cncc(-c2c(C)cccc2C)c1. The van der Waals surface area contributed by atoms with Crippen LogP contribution in [0.5, 0.6) is 0 Å². The summed E-state index contributed by atoms with van der Waals surface area (Å²) in [7, 11) is 1.42. The summed E-state index contributed by atoms with van der Waals surface area (Å²) in [6.45, 7) is 6.22. The van der Waals surface area contributed by atoms with E-state index < -0.39 is 0 Å². The van der Waals surface area contributed by atoms with Crippen LogP contribution in [0, 0.1) is 13.8 Å². The van der Waals surface area contributed by atoms with Gasteiger partial charge in [-0.1, -0.05) is 25.1 Å². The van der Waals surface area contributed by atoms with Crippen molar-refractivity contribution in [3.05, 3.63) is 53.3 Å². The number of nitrogens with zero attached hydrogens (tertiary/aromatic N) is 1. The summed E-state index contributed by atoms with van der Waals surface area (Å²) in [6, 6.07) is 8.39. The van der Waals surface area contributed by atoms with Gasteiger partial charge in [-0.2, -0.15) is 0 Å². The van der Waals surface area contributed by atoms with Crippen LogP contribution in [0.4, 0.5) is 0 Å². The van der Waals surface area contributed by atoms with Gasteiger partial charge in [0.15, 0.2) is 0 Å². The molecule has 3 heteroatoms. The number of aromatic nitrogens is 1. The molecule has 0 amide bonds. The third-order valence-corrected chi connectivity index (χ3v) is 3.80. The van der Waals surface area contributed by atoms with Crippen LogP contribution >= 0.6 is 0 Å². The number of pyridine rings is 1. The highest BCUT2D eigenvalue weighted by molar-refractivity contribution is 5.72. The Morgan fingerprint density at radius 3 is 2.52 bits per heavy atom. The zero-order valence-electron chi connectivity index (χ0n) is 13.0. The van der Waals surface area contributed by atoms with Gasteiger partial charge in [0.1, 0.15) is 0 Å². The lowest BCUT2D eigenvalue weighted by atomic mass is 9.93. The van der Waals surface area contributed by atoms with Crippen LogP contribution in [0.25, 0.3) is 11.1 Å². The van der Waals surface area contributed by atoms with E-state index in [9.17, 15) is 4.79 Å². The Morgan fingerprint density at radius 1 is 1.24 bits per heavy atom. The van der Waals surface area contributed by atoms with E-state index in [1.807, 2.05) is 19.3 Å².